The van der Waals surface area contributed by atoms with Gasteiger partial charge in [0.05, 0.1) is 12.0 Å². The van der Waals surface area contributed by atoms with E-state index in [2.05, 4.69) is 10.3 Å². The maximum Gasteiger partial charge on any atom is 0.274 e. The first-order chi connectivity index (χ1) is 8.69. The number of nitrogens with one attached hydrogen (secondary N) is 1. The van der Waals surface area contributed by atoms with E-state index in [9.17, 15) is 10.1 Å². The van der Waals surface area contributed by atoms with Gasteiger partial charge in [-0.2, -0.15) is 0 Å². The molecule has 0 aliphatic carbocycles. The summed E-state index contributed by atoms with van der Waals surface area (Å²) < 4.78 is 4.98. The summed E-state index contributed by atoms with van der Waals surface area (Å²) in [4.78, 5) is 16.0. The highest BCUT2D eigenvalue weighted by Gasteiger charge is 2.19. The standard InChI is InChI=1S/C11H14N4O3.ClH/c1-18-11-3-2-9(6-13-11)7-14-5-4-12-10(14)8-15(16)17;/h2-3,6,8,12H,4-5,7H2,1H3;1H/b10-8+;. The van der Waals surface area contributed by atoms with Crippen molar-refractivity contribution >= 4 is 12.4 Å². The zero-order chi connectivity index (χ0) is 13.0. The summed E-state index contributed by atoms with van der Waals surface area (Å²) in [6.07, 6.45) is 2.70. The van der Waals surface area contributed by atoms with Crippen LogP contribution in [0.15, 0.2) is 30.4 Å². The molecule has 1 saturated heterocycles. The molecule has 2 rings (SSSR count). The number of pyridine rings is 1. The second-order valence-corrected chi connectivity index (χ2v) is 3.86. The Balaban J connectivity index is 0.00000180. The maximum absolute atomic E-state index is 10.5. The summed E-state index contributed by atoms with van der Waals surface area (Å²) in [7, 11) is 1.56. The minimum atomic E-state index is -0.451. The Kier molecular flexibility index (Phi) is 5.37. The van der Waals surface area contributed by atoms with Gasteiger partial charge in [0.15, 0.2) is 5.82 Å². The molecule has 0 saturated carbocycles. The lowest BCUT2D eigenvalue weighted by molar-refractivity contribution is -0.404. The Hall–Kier alpha value is -2.02. The summed E-state index contributed by atoms with van der Waals surface area (Å²) in [5.74, 6) is 1.09. The summed E-state index contributed by atoms with van der Waals surface area (Å²) in [6.45, 7) is 2.04. The molecule has 1 aliphatic rings. The van der Waals surface area contributed by atoms with Gasteiger partial charge in [-0.15, -0.1) is 12.4 Å². The highest BCUT2D eigenvalue weighted by molar-refractivity contribution is 5.85. The largest absolute Gasteiger partial charge is 0.481 e. The lowest BCUT2D eigenvalue weighted by Gasteiger charge is -2.16. The second-order valence-electron chi connectivity index (χ2n) is 3.86. The number of halogens is 1. The molecular weight excluding hydrogens is 272 g/mol. The van der Waals surface area contributed by atoms with E-state index >= 15 is 0 Å². The molecule has 1 aromatic rings. The fraction of sp³-hybridized carbons (Fsp3) is 0.364. The van der Waals surface area contributed by atoms with Crippen LogP contribution in [0.3, 0.4) is 0 Å². The summed E-state index contributed by atoms with van der Waals surface area (Å²) >= 11 is 0. The third-order valence-corrected chi connectivity index (χ3v) is 2.64. The van der Waals surface area contributed by atoms with Gasteiger partial charge in [0.2, 0.25) is 5.88 Å². The summed E-state index contributed by atoms with van der Waals surface area (Å²) in [5, 5.41) is 13.5. The van der Waals surface area contributed by atoms with Gasteiger partial charge in [0.1, 0.15) is 0 Å². The highest BCUT2D eigenvalue weighted by Crippen LogP contribution is 2.14. The molecule has 0 radical (unpaired) electrons. The molecule has 104 valence electrons. The van der Waals surface area contributed by atoms with Crippen molar-refractivity contribution in [1.82, 2.24) is 15.2 Å². The van der Waals surface area contributed by atoms with E-state index in [1.165, 1.54) is 0 Å². The van der Waals surface area contributed by atoms with Crippen LogP contribution >= 0.6 is 12.4 Å². The van der Waals surface area contributed by atoms with Gasteiger partial charge < -0.3 is 15.0 Å². The smallest absolute Gasteiger partial charge is 0.274 e. The Morgan fingerprint density at radius 2 is 2.42 bits per heavy atom. The van der Waals surface area contributed by atoms with Gasteiger partial charge in [0, 0.05) is 31.9 Å². The van der Waals surface area contributed by atoms with Crippen molar-refractivity contribution in [3.8, 4) is 5.88 Å². The number of hydrogen-bond donors (Lipinski definition) is 1. The number of hydrogen-bond acceptors (Lipinski definition) is 6. The van der Waals surface area contributed by atoms with Crippen LogP contribution < -0.4 is 10.1 Å². The van der Waals surface area contributed by atoms with Gasteiger partial charge >= 0.3 is 0 Å². The SMILES string of the molecule is COc1ccc(CN2CCN/C2=C\[N+](=O)[O-])cn1.Cl. The minimum Gasteiger partial charge on any atom is -0.481 e. The quantitative estimate of drug-likeness (QED) is 0.657. The molecule has 0 aromatic carbocycles. The van der Waals surface area contributed by atoms with Crippen LogP contribution in [0.25, 0.3) is 0 Å². The van der Waals surface area contributed by atoms with Gasteiger partial charge in [-0.1, -0.05) is 6.07 Å². The first kappa shape index (κ1) is 15.0. The molecule has 0 amide bonds. The van der Waals surface area contributed by atoms with E-state index in [0.29, 0.717) is 24.8 Å². The van der Waals surface area contributed by atoms with E-state index in [0.717, 1.165) is 18.3 Å². The molecule has 1 fully saturated rings. The zero-order valence-corrected chi connectivity index (χ0v) is 11.2. The minimum absolute atomic E-state index is 0. The molecule has 1 aromatic heterocycles. The van der Waals surface area contributed by atoms with Crippen molar-refractivity contribution in [2.45, 2.75) is 6.54 Å². The van der Waals surface area contributed by atoms with Crippen molar-refractivity contribution in [2.24, 2.45) is 0 Å². The third kappa shape index (κ3) is 3.99. The molecular formula is C11H15ClN4O3. The molecule has 0 unspecified atom stereocenters. The van der Waals surface area contributed by atoms with Crippen molar-refractivity contribution in [1.29, 1.82) is 0 Å². The van der Waals surface area contributed by atoms with Gasteiger partial charge in [-0.25, -0.2) is 4.98 Å². The number of ether oxygens (including phenoxy) is 1. The molecule has 8 heteroatoms. The number of methoxy groups -OCH3 is 1. The first-order valence-electron chi connectivity index (χ1n) is 5.52. The predicted octanol–water partition coefficient (Wildman–Crippen LogP) is 0.993. The normalized spacial score (nSPS) is 15.8. The number of aromatic nitrogens is 1. The molecule has 0 bridgehead atoms. The molecule has 7 nitrogen and oxygen atoms in total. The van der Waals surface area contributed by atoms with Crippen molar-refractivity contribution < 1.29 is 9.66 Å². The van der Waals surface area contributed by atoms with Crippen LogP contribution in [0, 0.1) is 10.1 Å². The fourth-order valence-electron chi connectivity index (χ4n) is 1.79. The van der Waals surface area contributed by atoms with E-state index < -0.39 is 4.92 Å². The molecule has 0 atom stereocenters. The van der Waals surface area contributed by atoms with Crippen molar-refractivity contribution in [2.75, 3.05) is 20.2 Å². The molecule has 19 heavy (non-hydrogen) atoms. The molecule has 1 N–H and O–H groups in total. The molecule has 0 spiro atoms. The topological polar surface area (TPSA) is 80.5 Å². The van der Waals surface area contributed by atoms with E-state index in [1.807, 2.05) is 11.0 Å². The number of rotatable bonds is 4. The van der Waals surface area contributed by atoms with Gasteiger partial charge in [-0.3, -0.25) is 10.1 Å². The zero-order valence-electron chi connectivity index (χ0n) is 10.4. The Labute approximate surface area is 116 Å². The van der Waals surface area contributed by atoms with Gasteiger partial charge in [-0.05, 0) is 5.56 Å². The second kappa shape index (κ2) is 6.79. The number of nitro groups is 1. The summed E-state index contributed by atoms with van der Waals surface area (Å²) in [6, 6.07) is 3.67. The predicted molar refractivity (Wildman–Crippen MR) is 71.5 cm³/mol. The third-order valence-electron chi connectivity index (χ3n) is 2.64. The van der Waals surface area contributed by atoms with Crippen LogP contribution in [0.2, 0.25) is 0 Å². The monoisotopic (exact) mass is 286 g/mol. The van der Waals surface area contributed by atoms with Crippen LogP contribution in [0.5, 0.6) is 5.88 Å². The lowest BCUT2D eigenvalue weighted by atomic mass is 10.2. The maximum atomic E-state index is 10.5. The van der Waals surface area contributed by atoms with E-state index in [1.54, 1.807) is 19.4 Å². The highest BCUT2D eigenvalue weighted by atomic mass is 35.5. The molecule has 2 heterocycles. The van der Waals surface area contributed by atoms with Crippen molar-refractivity contribution in [3.63, 3.8) is 0 Å². The van der Waals surface area contributed by atoms with E-state index in [4.69, 9.17) is 4.74 Å². The van der Waals surface area contributed by atoms with E-state index in [-0.39, 0.29) is 12.4 Å². The van der Waals surface area contributed by atoms with Crippen LogP contribution in [0.1, 0.15) is 5.56 Å². The Morgan fingerprint density at radius 1 is 1.63 bits per heavy atom. The van der Waals surface area contributed by atoms with Crippen LogP contribution in [-0.4, -0.2) is 35.0 Å². The summed E-state index contributed by atoms with van der Waals surface area (Å²) in [5.41, 5.74) is 0.980. The Morgan fingerprint density at radius 3 is 3.00 bits per heavy atom. The van der Waals surface area contributed by atoms with Crippen LogP contribution in [-0.2, 0) is 6.54 Å². The lowest BCUT2D eigenvalue weighted by Crippen LogP contribution is -2.20. The average Bonchev–Trinajstić information content (AvgIpc) is 2.77. The first-order valence-corrected chi connectivity index (χ1v) is 5.52. The number of nitrogens with zero attached hydrogens (tertiary/aromatic N) is 3. The Bertz CT molecular complexity index is 464. The van der Waals surface area contributed by atoms with Crippen LogP contribution in [0.4, 0.5) is 0 Å². The van der Waals surface area contributed by atoms with Crippen molar-refractivity contribution in [3.05, 3.63) is 46.0 Å². The fourth-order valence-corrected chi connectivity index (χ4v) is 1.79. The van der Waals surface area contributed by atoms with Gasteiger partial charge in [0.25, 0.3) is 6.20 Å². The molecule has 1 aliphatic heterocycles. The average molecular weight is 287 g/mol.